The van der Waals surface area contributed by atoms with Gasteiger partial charge in [0, 0.05) is 44.6 Å². The molecule has 3 amide bonds. The van der Waals surface area contributed by atoms with Crippen LogP contribution in [0.25, 0.3) is 0 Å². The van der Waals surface area contributed by atoms with Crippen molar-refractivity contribution in [3.63, 3.8) is 0 Å². The number of piperazine rings is 1. The number of amides is 3. The lowest BCUT2D eigenvalue weighted by Gasteiger charge is -2.31. The minimum Gasteiger partial charge on any atom is -0.343 e. The van der Waals surface area contributed by atoms with E-state index in [0.717, 1.165) is 43.8 Å². The maximum absolute atomic E-state index is 12.0. The average Bonchev–Trinajstić information content (AvgIpc) is 3.10. The van der Waals surface area contributed by atoms with Crippen LogP contribution in [0.15, 0.2) is 23.6 Å². The molecule has 2 N–H and O–H groups in total. The highest BCUT2D eigenvalue weighted by Crippen LogP contribution is 2.22. The molecule has 0 bridgehead atoms. The summed E-state index contributed by atoms with van der Waals surface area (Å²) in [6, 6.07) is 4.89. The smallest absolute Gasteiger partial charge is 0.321 e. The topological polar surface area (TPSA) is 77.6 Å². The summed E-state index contributed by atoms with van der Waals surface area (Å²) in [5.74, 6) is 0. The third-order valence-electron chi connectivity index (χ3n) is 4.15. The molecule has 2 aromatic rings. The van der Waals surface area contributed by atoms with Gasteiger partial charge < -0.3 is 10.2 Å². The third-order valence-corrected chi connectivity index (χ3v) is 5.70. The standard InChI is InChI=1S/C17H19Cl2N5O2S/c18-14-2-1-12(7-15(14)19)8-20-16(26)22-17-21-13(10-27-17)9-23-3-5-24(11-25)6-4-23/h1-2,7,10-11H,3-6,8-9H2,(H2,20,21,22,26). The molecule has 144 valence electrons. The predicted octanol–water partition coefficient (Wildman–Crippen LogP) is 3.05. The summed E-state index contributed by atoms with van der Waals surface area (Å²) < 4.78 is 0. The van der Waals surface area contributed by atoms with Gasteiger partial charge in [-0.3, -0.25) is 15.0 Å². The van der Waals surface area contributed by atoms with E-state index >= 15 is 0 Å². The molecule has 0 saturated carbocycles. The fourth-order valence-corrected chi connectivity index (χ4v) is 3.68. The number of urea groups is 1. The number of anilines is 1. The summed E-state index contributed by atoms with van der Waals surface area (Å²) >= 11 is 13.2. The molecular weight excluding hydrogens is 409 g/mol. The molecule has 1 fully saturated rings. The molecule has 0 unspecified atom stereocenters. The van der Waals surface area contributed by atoms with Gasteiger partial charge in [-0.1, -0.05) is 29.3 Å². The maximum atomic E-state index is 12.0. The second-order valence-corrected chi connectivity index (χ2v) is 7.79. The van der Waals surface area contributed by atoms with E-state index in [2.05, 4.69) is 20.5 Å². The first-order valence-corrected chi connectivity index (χ1v) is 10.0. The number of carbonyl (C=O) groups excluding carboxylic acids is 2. The van der Waals surface area contributed by atoms with Gasteiger partial charge in [0.2, 0.25) is 6.41 Å². The fourth-order valence-electron chi connectivity index (χ4n) is 2.67. The molecule has 1 aromatic heterocycles. The average molecular weight is 428 g/mol. The van der Waals surface area contributed by atoms with Gasteiger partial charge in [0.05, 0.1) is 15.7 Å². The van der Waals surface area contributed by atoms with Crippen molar-refractivity contribution in [1.82, 2.24) is 20.1 Å². The van der Waals surface area contributed by atoms with Gasteiger partial charge >= 0.3 is 6.03 Å². The van der Waals surface area contributed by atoms with Crippen LogP contribution in [0.3, 0.4) is 0 Å². The predicted molar refractivity (Wildman–Crippen MR) is 107 cm³/mol. The molecule has 10 heteroatoms. The summed E-state index contributed by atoms with van der Waals surface area (Å²) in [6.45, 7) is 4.15. The zero-order valence-electron chi connectivity index (χ0n) is 14.5. The molecular formula is C17H19Cl2N5O2S. The molecule has 1 aliphatic rings. The summed E-state index contributed by atoms with van der Waals surface area (Å²) in [4.78, 5) is 31.2. The molecule has 0 spiro atoms. The summed E-state index contributed by atoms with van der Waals surface area (Å²) in [5, 5.41) is 8.91. The van der Waals surface area contributed by atoms with Crippen LogP contribution < -0.4 is 10.6 Å². The third kappa shape index (κ3) is 5.80. The molecule has 1 aromatic carbocycles. The van der Waals surface area contributed by atoms with Gasteiger partial charge in [-0.05, 0) is 17.7 Å². The summed E-state index contributed by atoms with van der Waals surface area (Å²) in [7, 11) is 0. The summed E-state index contributed by atoms with van der Waals surface area (Å²) in [5.41, 5.74) is 1.76. The van der Waals surface area contributed by atoms with E-state index in [1.54, 1.807) is 23.1 Å². The zero-order chi connectivity index (χ0) is 19.2. The lowest BCUT2D eigenvalue weighted by atomic mass is 10.2. The van der Waals surface area contributed by atoms with Crippen molar-refractivity contribution in [2.24, 2.45) is 0 Å². The SMILES string of the molecule is O=CN1CCN(Cc2csc(NC(=O)NCc3ccc(Cl)c(Cl)c3)n2)CC1. The first-order chi connectivity index (χ1) is 13.0. The van der Waals surface area contributed by atoms with Crippen molar-refractivity contribution < 1.29 is 9.59 Å². The second-order valence-electron chi connectivity index (χ2n) is 6.12. The van der Waals surface area contributed by atoms with Crippen molar-refractivity contribution in [3.05, 3.63) is 44.9 Å². The highest BCUT2D eigenvalue weighted by Gasteiger charge is 2.16. The fraction of sp³-hybridized carbons (Fsp3) is 0.353. The van der Waals surface area contributed by atoms with Crippen LogP contribution in [-0.2, 0) is 17.9 Å². The monoisotopic (exact) mass is 427 g/mol. The number of benzene rings is 1. The summed E-state index contributed by atoms with van der Waals surface area (Å²) in [6.07, 6.45) is 0.888. The van der Waals surface area contributed by atoms with Crippen molar-refractivity contribution in [3.8, 4) is 0 Å². The Morgan fingerprint density at radius 1 is 1.22 bits per heavy atom. The van der Waals surface area contributed by atoms with E-state index in [9.17, 15) is 9.59 Å². The number of carbonyl (C=O) groups is 2. The Kier molecular flexibility index (Phi) is 6.89. The lowest BCUT2D eigenvalue weighted by Crippen LogP contribution is -2.45. The van der Waals surface area contributed by atoms with Crippen molar-refractivity contribution in [2.45, 2.75) is 13.1 Å². The van der Waals surface area contributed by atoms with Crippen LogP contribution in [0.1, 0.15) is 11.3 Å². The van der Waals surface area contributed by atoms with Crippen LogP contribution in [0, 0.1) is 0 Å². The number of nitrogens with one attached hydrogen (secondary N) is 2. The highest BCUT2D eigenvalue weighted by atomic mass is 35.5. The molecule has 0 radical (unpaired) electrons. The number of rotatable bonds is 6. The van der Waals surface area contributed by atoms with E-state index in [-0.39, 0.29) is 6.03 Å². The molecule has 1 saturated heterocycles. The van der Waals surface area contributed by atoms with E-state index in [1.807, 2.05) is 5.38 Å². The molecule has 27 heavy (non-hydrogen) atoms. The lowest BCUT2D eigenvalue weighted by molar-refractivity contribution is -0.119. The van der Waals surface area contributed by atoms with E-state index in [0.29, 0.717) is 28.3 Å². The number of halogens is 2. The Hall–Kier alpha value is -1.87. The van der Waals surface area contributed by atoms with Crippen LogP contribution in [0.5, 0.6) is 0 Å². The minimum absolute atomic E-state index is 0.332. The first-order valence-electron chi connectivity index (χ1n) is 8.38. The van der Waals surface area contributed by atoms with Crippen molar-refractivity contribution in [1.29, 1.82) is 0 Å². The van der Waals surface area contributed by atoms with Crippen LogP contribution >= 0.6 is 34.5 Å². The largest absolute Gasteiger partial charge is 0.343 e. The first kappa shape index (κ1) is 19.9. The molecule has 7 nitrogen and oxygen atoms in total. The highest BCUT2D eigenvalue weighted by molar-refractivity contribution is 7.13. The number of nitrogens with zero attached hydrogens (tertiary/aromatic N) is 3. The Labute approximate surface area is 171 Å². The Morgan fingerprint density at radius 3 is 2.70 bits per heavy atom. The molecule has 0 aliphatic carbocycles. The van der Waals surface area contributed by atoms with Gasteiger partial charge in [0.15, 0.2) is 5.13 Å². The van der Waals surface area contributed by atoms with Crippen molar-refractivity contribution in [2.75, 3.05) is 31.5 Å². The number of thiazole rings is 1. The van der Waals surface area contributed by atoms with E-state index < -0.39 is 0 Å². The number of hydrogen-bond donors (Lipinski definition) is 2. The maximum Gasteiger partial charge on any atom is 0.321 e. The quantitative estimate of drug-likeness (QED) is 0.694. The van der Waals surface area contributed by atoms with Crippen LogP contribution in [0.4, 0.5) is 9.93 Å². The van der Waals surface area contributed by atoms with Gasteiger partial charge in [-0.25, -0.2) is 9.78 Å². The molecule has 0 atom stereocenters. The van der Waals surface area contributed by atoms with Crippen molar-refractivity contribution >= 4 is 52.1 Å². The van der Waals surface area contributed by atoms with E-state index in [1.165, 1.54) is 11.3 Å². The molecule has 1 aliphatic heterocycles. The zero-order valence-corrected chi connectivity index (χ0v) is 16.8. The Bertz CT molecular complexity index is 808. The number of aromatic nitrogens is 1. The van der Waals surface area contributed by atoms with Gasteiger partial charge in [-0.15, -0.1) is 11.3 Å². The van der Waals surface area contributed by atoms with Gasteiger partial charge in [0.25, 0.3) is 0 Å². The Morgan fingerprint density at radius 2 is 2.00 bits per heavy atom. The Balaban J connectivity index is 1.45. The number of hydrogen-bond acceptors (Lipinski definition) is 5. The van der Waals surface area contributed by atoms with Crippen LogP contribution in [0.2, 0.25) is 10.0 Å². The van der Waals surface area contributed by atoms with E-state index in [4.69, 9.17) is 23.2 Å². The van der Waals surface area contributed by atoms with Crippen LogP contribution in [-0.4, -0.2) is 53.4 Å². The normalized spacial score (nSPS) is 14.8. The van der Waals surface area contributed by atoms with Gasteiger partial charge in [-0.2, -0.15) is 0 Å². The minimum atomic E-state index is -0.332. The molecule has 3 rings (SSSR count). The molecule has 2 heterocycles. The van der Waals surface area contributed by atoms with Gasteiger partial charge in [0.1, 0.15) is 0 Å². The second kappa shape index (κ2) is 9.36.